The van der Waals surface area contributed by atoms with Crippen LogP contribution in [0.3, 0.4) is 0 Å². The van der Waals surface area contributed by atoms with Crippen molar-refractivity contribution in [3.05, 3.63) is 66.2 Å². The standard InChI is InChI=1S/C17H16N/c1-3-9-15-13(7-1)14-8-2-4-10-16(14)17(15)18-11-5-6-12-18/h1-4,7-11,17H,5-6,12H2. The Balaban J connectivity index is 1.92. The lowest BCUT2D eigenvalue weighted by atomic mass is 10.0. The van der Waals surface area contributed by atoms with Gasteiger partial charge in [0.05, 0.1) is 6.04 Å². The lowest BCUT2D eigenvalue weighted by Crippen LogP contribution is -2.22. The Labute approximate surface area is 108 Å². The van der Waals surface area contributed by atoms with Crippen LogP contribution in [0.15, 0.2) is 48.5 Å². The van der Waals surface area contributed by atoms with E-state index in [-0.39, 0.29) is 0 Å². The maximum Gasteiger partial charge on any atom is 0.0616 e. The van der Waals surface area contributed by atoms with Gasteiger partial charge < -0.3 is 0 Å². The predicted octanol–water partition coefficient (Wildman–Crippen LogP) is 4.01. The second-order valence-corrected chi connectivity index (χ2v) is 5.14. The molecule has 1 nitrogen and oxygen atoms in total. The number of likely N-dealkylation sites (tertiary alicyclic amines) is 1. The molecule has 0 unspecified atom stereocenters. The van der Waals surface area contributed by atoms with Crippen molar-refractivity contribution in [2.75, 3.05) is 6.54 Å². The average molecular weight is 234 g/mol. The molecule has 1 aliphatic carbocycles. The first-order valence-corrected chi connectivity index (χ1v) is 6.72. The summed E-state index contributed by atoms with van der Waals surface area (Å²) in [5.74, 6) is 0. The van der Waals surface area contributed by atoms with E-state index in [0.29, 0.717) is 6.04 Å². The molecule has 0 N–H and O–H groups in total. The van der Waals surface area contributed by atoms with Crippen molar-refractivity contribution in [1.82, 2.24) is 4.90 Å². The Bertz CT molecular complexity index is 536. The van der Waals surface area contributed by atoms with Crippen LogP contribution >= 0.6 is 0 Å². The van der Waals surface area contributed by atoms with E-state index in [0.717, 1.165) is 0 Å². The summed E-state index contributed by atoms with van der Waals surface area (Å²) in [5, 5.41) is 0. The molecule has 0 saturated carbocycles. The molecule has 89 valence electrons. The van der Waals surface area contributed by atoms with Gasteiger partial charge in [0, 0.05) is 6.54 Å². The fraction of sp³-hybridized carbons (Fsp3) is 0.235. The quantitative estimate of drug-likeness (QED) is 0.720. The summed E-state index contributed by atoms with van der Waals surface area (Å²) in [5.41, 5.74) is 5.77. The number of nitrogens with zero attached hydrogens (tertiary/aromatic N) is 1. The van der Waals surface area contributed by atoms with Crippen molar-refractivity contribution < 1.29 is 0 Å². The minimum Gasteiger partial charge on any atom is -0.288 e. The third-order valence-corrected chi connectivity index (χ3v) is 4.12. The lowest BCUT2D eigenvalue weighted by molar-refractivity contribution is 0.328. The van der Waals surface area contributed by atoms with E-state index in [4.69, 9.17) is 0 Å². The normalized spacial score (nSPS) is 18.9. The molecule has 2 aromatic rings. The molecular formula is C17H16N. The number of rotatable bonds is 1. The van der Waals surface area contributed by atoms with E-state index in [1.807, 2.05) is 0 Å². The highest BCUT2D eigenvalue weighted by Crippen LogP contribution is 2.47. The SMILES string of the molecule is [CH]1CCCN1C1c2ccccc2-c2ccccc21. The van der Waals surface area contributed by atoms with Crippen LogP contribution < -0.4 is 0 Å². The molecular weight excluding hydrogens is 218 g/mol. The van der Waals surface area contributed by atoms with Crippen LogP contribution in [0.5, 0.6) is 0 Å². The molecule has 1 heterocycles. The summed E-state index contributed by atoms with van der Waals surface area (Å²) < 4.78 is 0. The monoisotopic (exact) mass is 234 g/mol. The summed E-state index contributed by atoms with van der Waals surface area (Å²) in [7, 11) is 0. The summed E-state index contributed by atoms with van der Waals surface area (Å²) in [4.78, 5) is 2.52. The highest BCUT2D eigenvalue weighted by atomic mass is 15.2. The van der Waals surface area contributed by atoms with Gasteiger partial charge in [-0.1, -0.05) is 48.5 Å². The van der Waals surface area contributed by atoms with Gasteiger partial charge in [-0.05, 0) is 41.6 Å². The fourth-order valence-electron chi connectivity index (χ4n) is 3.34. The number of fused-ring (bicyclic) bond motifs is 3. The van der Waals surface area contributed by atoms with Crippen LogP contribution in [0.2, 0.25) is 0 Å². The zero-order valence-corrected chi connectivity index (χ0v) is 10.3. The van der Waals surface area contributed by atoms with Gasteiger partial charge in [0.1, 0.15) is 0 Å². The van der Waals surface area contributed by atoms with Crippen molar-refractivity contribution in [3.8, 4) is 11.1 Å². The highest BCUT2D eigenvalue weighted by molar-refractivity contribution is 5.78. The molecule has 0 spiro atoms. The van der Waals surface area contributed by atoms with Gasteiger partial charge in [-0.25, -0.2) is 0 Å². The zero-order valence-electron chi connectivity index (χ0n) is 10.3. The Kier molecular flexibility index (Phi) is 2.27. The van der Waals surface area contributed by atoms with E-state index in [1.54, 1.807) is 0 Å². The Morgan fingerprint density at radius 2 is 1.44 bits per heavy atom. The van der Waals surface area contributed by atoms with Crippen molar-refractivity contribution >= 4 is 0 Å². The number of hydrogen-bond donors (Lipinski definition) is 0. The van der Waals surface area contributed by atoms with E-state index in [1.165, 1.54) is 41.6 Å². The van der Waals surface area contributed by atoms with E-state index in [2.05, 4.69) is 60.0 Å². The van der Waals surface area contributed by atoms with Gasteiger partial charge in [-0.2, -0.15) is 0 Å². The van der Waals surface area contributed by atoms with Gasteiger partial charge in [0.15, 0.2) is 0 Å². The first-order valence-electron chi connectivity index (χ1n) is 6.72. The molecule has 2 aromatic carbocycles. The third kappa shape index (κ3) is 1.37. The van der Waals surface area contributed by atoms with Crippen LogP contribution in [-0.2, 0) is 0 Å². The molecule has 4 rings (SSSR count). The fourth-order valence-corrected chi connectivity index (χ4v) is 3.34. The molecule has 0 atom stereocenters. The lowest BCUT2D eigenvalue weighted by Gasteiger charge is -2.25. The van der Waals surface area contributed by atoms with Gasteiger partial charge >= 0.3 is 0 Å². The molecule has 1 radical (unpaired) electrons. The second-order valence-electron chi connectivity index (χ2n) is 5.14. The van der Waals surface area contributed by atoms with Crippen molar-refractivity contribution in [2.45, 2.75) is 18.9 Å². The molecule has 2 aliphatic rings. The van der Waals surface area contributed by atoms with Gasteiger partial charge in [0.2, 0.25) is 0 Å². The van der Waals surface area contributed by atoms with E-state index >= 15 is 0 Å². The van der Waals surface area contributed by atoms with Gasteiger partial charge in [-0.15, -0.1) is 0 Å². The molecule has 1 heteroatoms. The van der Waals surface area contributed by atoms with Crippen LogP contribution in [0.25, 0.3) is 11.1 Å². The van der Waals surface area contributed by atoms with Crippen LogP contribution in [0.4, 0.5) is 0 Å². The summed E-state index contributed by atoms with van der Waals surface area (Å²) >= 11 is 0. The van der Waals surface area contributed by atoms with Crippen LogP contribution in [0.1, 0.15) is 30.0 Å². The molecule has 0 amide bonds. The number of benzene rings is 2. The molecule has 0 aromatic heterocycles. The van der Waals surface area contributed by atoms with Crippen LogP contribution in [0, 0.1) is 6.54 Å². The molecule has 18 heavy (non-hydrogen) atoms. The minimum atomic E-state index is 0.444. The Morgan fingerprint density at radius 3 is 2.00 bits per heavy atom. The maximum atomic E-state index is 2.52. The first kappa shape index (κ1) is 10.3. The number of hydrogen-bond acceptors (Lipinski definition) is 1. The maximum absolute atomic E-state index is 2.52. The largest absolute Gasteiger partial charge is 0.288 e. The Hall–Kier alpha value is -1.60. The molecule has 1 fully saturated rings. The first-order chi connectivity index (χ1) is 8.95. The average Bonchev–Trinajstić information content (AvgIpc) is 3.03. The predicted molar refractivity (Wildman–Crippen MR) is 74.0 cm³/mol. The van der Waals surface area contributed by atoms with Gasteiger partial charge in [-0.3, -0.25) is 4.90 Å². The molecule has 1 aliphatic heterocycles. The van der Waals surface area contributed by atoms with E-state index in [9.17, 15) is 0 Å². The summed E-state index contributed by atoms with van der Waals surface area (Å²) in [6, 6.07) is 18.1. The summed E-state index contributed by atoms with van der Waals surface area (Å²) in [6.45, 7) is 3.57. The molecule has 0 bridgehead atoms. The van der Waals surface area contributed by atoms with Gasteiger partial charge in [0.25, 0.3) is 0 Å². The summed E-state index contributed by atoms with van der Waals surface area (Å²) in [6.07, 6.45) is 2.52. The van der Waals surface area contributed by atoms with Crippen molar-refractivity contribution in [2.24, 2.45) is 0 Å². The topological polar surface area (TPSA) is 3.24 Å². The third-order valence-electron chi connectivity index (χ3n) is 4.12. The smallest absolute Gasteiger partial charge is 0.0616 e. The van der Waals surface area contributed by atoms with Crippen molar-refractivity contribution in [1.29, 1.82) is 0 Å². The van der Waals surface area contributed by atoms with E-state index < -0.39 is 0 Å². The minimum absolute atomic E-state index is 0.444. The molecule has 1 saturated heterocycles. The highest BCUT2D eigenvalue weighted by Gasteiger charge is 2.33. The van der Waals surface area contributed by atoms with Crippen molar-refractivity contribution in [3.63, 3.8) is 0 Å². The van der Waals surface area contributed by atoms with Crippen LogP contribution in [-0.4, -0.2) is 11.4 Å². The second kappa shape index (κ2) is 3.96. The Morgan fingerprint density at radius 1 is 0.833 bits per heavy atom. The zero-order chi connectivity index (χ0) is 11.9.